The summed E-state index contributed by atoms with van der Waals surface area (Å²) in [6, 6.07) is 8.01. The molecule has 0 saturated heterocycles. The average molecular weight is 584 g/mol. The van der Waals surface area contributed by atoms with E-state index in [1.54, 1.807) is 31.2 Å². The number of rotatable bonds is 10. The number of aryl methyl sites for hydroxylation is 1. The molecular weight excluding hydrogens is 554 g/mol. The number of esters is 2. The maximum Gasteiger partial charge on any atom is 0.373 e. The van der Waals surface area contributed by atoms with E-state index in [9.17, 15) is 19.2 Å². The molecule has 0 radical (unpaired) electrons. The second-order valence-electron chi connectivity index (χ2n) is 8.75. The molecule has 12 nitrogen and oxygen atoms in total. The van der Waals surface area contributed by atoms with E-state index in [-0.39, 0.29) is 19.0 Å². The summed E-state index contributed by atoms with van der Waals surface area (Å²) < 4.78 is 26.3. The highest BCUT2D eigenvalue weighted by Gasteiger charge is 2.28. The minimum absolute atomic E-state index is 0.0388. The minimum atomic E-state index is -1.00. The first-order valence-corrected chi connectivity index (χ1v) is 13.6. The third-order valence-electron chi connectivity index (χ3n) is 6.07. The average Bonchev–Trinajstić information content (AvgIpc) is 3.60. The molecule has 2 N–H and O–H groups in total. The number of methoxy groups -OCH3 is 2. The summed E-state index contributed by atoms with van der Waals surface area (Å²) in [6.07, 6.45) is 4.81. The van der Waals surface area contributed by atoms with E-state index in [2.05, 4.69) is 20.6 Å². The van der Waals surface area contributed by atoms with Crippen molar-refractivity contribution < 1.29 is 42.5 Å². The van der Waals surface area contributed by atoms with Crippen LogP contribution < -0.4 is 20.2 Å². The van der Waals surface area contributed by atoms with E-state index in [1.165, 1.54) is 37.8 Å². The van der Waals surface area contributed by atoms with Gasteiger partial charge in [0, 0.05) is 4.88 Å². The smallest absolute Gasteiger partial charge is 0.373 e. The van der Waals surface area contributed by atoms with Crippen molar-refractivity contribution in [2.75, 3.05) is 26.1 Å². The lowest BCUT2D eigenvalue weighted by atomic mass is 9.95. The van der Waals surface area contributed by atoms with Gasteiger partial charge in [0.15, 0.2) is 11.5 Å². The molecule has 2 aromatic heterocycles. The van der Waals surface area contributed by atoms with Crippen LogP contribution in [-0.4, -0.2) is 50.8 Å². The zero-order valence-electron chi connectivity index (χ0n) is 22.7. The van der Waals surface area contributed by atoms with Crippen LogP contribution in [0.15, 0.2) is 39.9 Å². The normalized spacial score (nSPS) is 12.4. The summed E-state index contributed by atoms with van der Waals surface area (Å²) in [5, 5.41) is 6.70. The van der Waals surface area contributed by atoms with Gasteiger partial charge in [-0.3, -0.25) is 9.59 Å². The Morgan fingerprint density at radius 2 is 1.83 bits per heavy atom. The monoisotopic (exact) mass is 583 g/mol. The van der Waals surface area contributed by atoms with Gasteiger partial charge in [-0.15, -0.1) is 11.3 Å². The summed E-state index contributed by atoms with van der Waals surface area (Å²) >= 11 is 1.29. The van der Waals surface area contributed by atoms with Crippen LogP contribution in [0.3, 0.4) is 0 Å². The standard InChI is InChI=1S/C28H29N3O9S/c1-4-38-28(35)23-18-7-5-6-8-22(18)41-26(23)30-24(32)25(33)31-29-14-16-9-11-19(21(13-16)36-2)39-15-17-10-12-20(40-17)27(34)37-3/h9-14H,4-8,15H2,1-3H3,(H,30,32)(H,31,33)/b29-14+. The number of ether oxygens (including phenoxy) is 4. The van der Waals surface area contributed by atoms with Gasteiger partial charge in [0.1, 0.15) is 17.4 Å². The number of anilines is 1. The van der Waals surface area contributed by atoms with Crippen molar-refractivity contribution in [2.45, 2.75) is 39.2 Å². The molecule has 1 aliphatic rings. The summed E-state index contributed by atoms with van der Waals surface area (Å²) in [6.45, 7) is 1.95. The number of amides is 2. The van der Waals surface area contributed by atoms with E-state index >= 15 is 0 Å². The Morgan fingerprint density at radius 1 is 1.02 bits per heavy atom. The van der Waals surface area contributed by atoms with Crippen LogP contribution in [0.1, 0.15) is 62.4 Å². The Labute approximate surface area is 239 Å². The lowest BCUT2D eigenvalue weighted by Crippen LogP contribution is -2.32. The van der Waals surface area contributed by atoms with Crippen molar-refractivity contribution in [1.29, 1.82) is 0 Å². The quantitative estimate of drug-likeness (QED) is 0.157. The van der Waals surface area contributed by atoms with Gasteiger partial charge in [-0.1, -0.05) is 0 Å². The number of carbonyl (C=O) groups excluding carboxylic acids is 4. The first kappa shape index (κ1) is 29.3. The largest absolute Gasteiger partial charge is 0.493 e. The van der Waals surface area contributed by atoms with E-state index in [0.717, 1.165) is 36.1 Å². The van der Waals surface area contributed by atoms with E-state index in [1.807, 2.05) is 0 Å². The maximum absolute atomic E-state index is 12.6. The summed E-state index contributed by atoms with van der Waals surface area (Å²) in [7, 11) is 2.72. The number of nitrogens with one attached hydrogen (secondary N) is 2. The highest BCUT2D eigenvalue weighted by atomic mass is 32.1. The second-order valence-corrected chi connectivity index (χ2v) is 9.85. The van der Waals surface area contributed by atoms with Crippen molar-refractivity contribution in [3.05, 3.63) is 63.4 Å². The maximum atomic E-state index is 12.6. The molecular formula is C28H29N3O9S. The number of furan rings is 1. The van der Waals surface area contributed by atoms with Gasteiger partial charge in [0.25, 0.3) is 0 Å². The fraction of sp³-hybridized carbons (Fsp3) is 0.321. The van der Waals surface area contributed by atoms with E-state index in [0.29, 0.717) is 33.4 Å². The lowest BCUT2D eigenvalue weighted by Gasteiger charge is -2.12. The van der Waals surface area contributed by atoms with Crippen LogP contribution >= 0.6 is 11.3 Å². The third-order valence-corrected chi connectivity index (χ3v) is 7.28. The fourth-order valence-corrected chi connectivity index (χ4v) is 5.42. The Bertz CT molecular complexity index is 1470. The number of thiophene rings is 1. The molecule has 0 spiro atoms. The molecule has 0 fully saturated rings. The molecule has 2 amide bonds. The van der Waals surface area contributed by atoms with Crippen LogP contribution in [0.5, 0.6) is 11.5 Å². The zero-order chi connectivity index (χ0) is 29.4. The number of benzene rings is 1. The fourth-order valence-electron chi connectivity index (χ4n) is 4.15. The lowest BCUT2D eigenvalue weighted by molar-refractivity contribution is -0.136. The number of fused-ring (bicyclic) bond motifs is 1. The SMILES string of the molecule is CCOC(=O)c1c(NC(=O)C(=O)N/N=C/c2ccc(OCc3ccc(C(=O)OC)o3)c(OC)c2)sc2c1CCCC2. The van der Waals surface area contributed by atoms with Crippen LogP contribution in [0.2, 0.25) is 0 Å². The van der Waals surface area contributed by atoms with Crippen LogP contribution in [0.4, 0.5) is 5.00 Å². The molecule has 1 aromatic carbocycles. The zero-order valence-corrected chi connectivity index (χ0v) is 23.6. The predicted octanol–water partition coefficient (Wildman–Crippen LogP) is 3.86. The first-order chi connectivity index (χ1) is 19.8. The van der Waals surface area contributed by atoms with Crippen molar-refractivity contribution in [3.8, 4) is 11.5 Å². The highest BCUT2D eigenvalue weighted by Crippen LogP contribution is 2.38. The van der Waals surface area contributed by atoms with Crippen LogP contribution in [0, 0.1) is 0 Å². The second kappa shape index (κ2) is 13.6. The molecule has 216 valence electrons. The van der Waals surface area contributed by atoms with Gasteiger partial charge in [-0.25, -0.2) is 15.0 Å². The number of hydrazone groups is 1. The van der Waals surface area contributed by atoms with Crippen molar-refractivity contribution in [1.82, 2.24) is 5.43 Å². The van der Waals surface area contributed by atoms with Gasteiger partial charge < -0.3 is 28.7 Å². The van der Waals surface area contributed by atoms with E-state index < -0.39 is 23.8 Å². The number of hydrogen-bond acceptors (Lipinski definition) is 11. The van der Waals surface area contributed by atoms with Crippen molar-refractivity contribution in [3.63, 3.8) is 0 Å². The van der Waals surface area contributed by atoms with E-state index in [4.69, 9.17) is 18.6 Å². The van der Waals surface area contributed by atoms with Crippen molar-refractivity contribution in [2.24, 2.45) is 5.10 Å². The molecule has 2 heterocycles. The molecule has 0 aliphatic heterocycles. The summed E-state index contributed by atoms with van der Waals surface area (Å²) in [4.78, 5) is 50.1. The topological polar surface area (TPSA) is 155 Å². The highest BCUT2D eigenvalue weighted by molar-refractivity contribution is 7.17. The Morgan fingerprint density at radius 3 is 2.59 bits per heavy atom. The molecule has 13 heteroatoms. The molecule has 4 rings (SSSR count). The van der Waals surface area contributed by atoms with Gasteiger partial charge in [0.05, 0.1) is 32.6 Å². The van der Waals surface area contributed by atoms with Crippen LogP contribution in [0.25, 0.3) is 0 Å². The molecule has 1 aliphatic carbocycles. The molecule has 0 saturated carbocycles. The Kier molecular flexibility index (Phi) is 9.74. The number of nitrogens with zero attached hydrogens (tertiary/aromatic N) is 1. The third kappa shape index (κ3) is 7.11. The van der Waals surface area contributed by atoms with Gasteiger partial charge in [-0.2, -0.15) is 5.10 Å². The minimum Gasteiger partial charge on any atom is -0.493 e. The molecule has 41 heavy (non-hydrogen) atoms. The van der Waals surface area contributed by atoms with Gasteiger partial charge in [-0.05, 0) is 74.1 Å². The summed E-state index contributed by atoms with van der Waals surface area (Å²) in [5.41, 5.74) is 3.94. The van der Waals surface area contributed by atoms with Gasteiger partial charge in [0.2, 0.25) is 5.76 Å². The Balaban J connectivity index is 1.36. The predicted molar refractivity (Wildman–Crippen MR) is 149 cm³/mol. The number of hydrogen-bond donors (Lipinski definition) is 2. The van der Waals surface area contributed by atoms with Crippen molar-refractivity contribution >= 4 is 46.3 Å². The first-order valence-electron chi connectivity index (χ1n) is 12.8. The number of carbonyl (C=O) groups is 4. The van der Waals surface area contributed by atoms with Gasteiger partial charge >= 0.3 is 23.8 Å². The molecule has 3 aromatic rings. The summed E-state index contributed by atoms with van der Waals surface area (Å²) in [5.74, 6) is -1.80. The molecule has 0 bridgehead atoms. The van der Waals surface area contributed by atoms with Crippen LogP contribution in [-0.2, 0) is 38.5 Å². The molecule has 0 atom stereocenters. The Hall–Kier alpha value is -4.65. The molecule has 0 unspecified atom stereocenters.